The van der Waals surface area contributed by atoms with Crippen LogP contribution in [0.15, 0.2) is 60.7 Å². The van der Waals surface area contributed by atoms with Gasteiger partial charge in [0, 0.05) is 0 Å². The van der Waals surface area contributed by atoms with Crippen LogP contribution < -0.4 is 10.4 Å². The molecule has 0 saturated heterocycles. The van der Waals surface area contributed by atoms with Crippen LogP contribution in [-0.2, 0) is 0 Å². The Balaban J connectivity index is 1.90. The fourth-order valence-corrected chi connectivity index (χ4v) is 4.51. The maximum atomic E-state index is 2.37. The van der Waals surface area contributed by atoms with E-state index < -0.39 is 0 Å². The Kier molecular flexibility index (Phi) is 3.46. The normalized spacial score (nSPS) is 13.3. The highest BCUT2D eigenvalue weighted by molar-refractivity contribution is 6.10. The van der Waals surface area contributed by atoms with E-state index in [0.717, 1.165) is 12.8 Å². The maximum Gasteiger partial charge on any atom is -0.00671 e. The Morgan fingerprint density at radius 3 is 2.12 bits per heavy atom. The van der Waals surface area contributed by atoms with Crippen LogP contribution in [0.3, 0.4) is 0 Å². The summed E-state index contributed by atoms with van der Waals surface area (Å²) in [7, 11) is 0. The molecule has 0 spiro atoms. The highest BCUT2D eigenvalue weighted by Crippen LogP contribution is 2.37. The van der Waals surface area contributed by atoms with Crippen molar-refractivity contribution < 1.29 is 0 Å². The Morgan fingerprint density at radius 1 is 0.615 bits per heavy atom. The van der Waals surface area contributed by atoms with Crippen molar-refractivity contribution in [2.24, 2.45) is 0 Å². The Hall–Kier alpha value is -2.86. The fourth-order valence-electron chi connectivity index (χ4n) is 4.51. The molecule has 26 heavy (non-hydrogen) atoms. The molecule has 0 heteroatoms. The first-order valence-corrected chi connectivity index (χ1v) is 9.45. The van der Waals surface area contributed by atoms with Crippen molar-refractivity contribution in [3.8, 4) is 11.1 Å². The van der Waals surface area contributed by atoms with Gasteiger partial charge in [0.1, 0.15) is 0 Å². The van der Waals surface area contributed by atoms with Gasteiger partial charge in [0.25, 0.3) is 0 Å². The van der Waals surface area contributed by atoms with Crippen LogP contribution in [-0.4, -0.2) is 0 Å². The van der Waals surface area contributed by atoms with Crippen LogP contribution in [0.2, 0.25) is 0 Å². The van der Waals surface area contributed by atoms with E-state index in [0.29, 0.717) is 0 Å². The first-order valence-electron chi connectivity index (χ1n) is 9.45. The van der Waals surface area contributed by atoms with Crippen LogP contribution in [0.5, 0.6) is 0 Å². The van der Waals surface area contributed by atoms with E-state index in [9.17, 15) is 0 Å². The third-order valence-electron chi connectivity index (χ3n) is 5.87. The SMILES string of the molecule is Cc1c2ccccc2c(C)c2c(-c3ccc4c(c3)=CCCC=4)cccc12. The van der Waals surface area contributed by atoms with Gasteiger partial charge in [0.15, 0.2) is 0 Å². The number of benzene rings is 4. The molecular weight excluding hydrogens is 312 g/mol. The minimum atomic E-state index is 1.15. The van der Waals surface area contributed by atoms with Crippen molar-refractivity contribution in [2.45, 2.75) is 26.7 Å². The smallest absolute Gasteiger partial charge is 0.00671 e. The Labute approximate surface area is 154 Å². The summed E-state index contributed by atoms with van der Waals surface area (Å²) in [5, 5.41) is 8.24. The van der Waals surface area contributed by atoms with Crippen LogP contribution in [0.4, 0.5) is 0 Å². The van der Waals surface area contributed by atoms with Crippen molar-refractivity contribution in [3.63, 3.8) is 0 Å². The molecule has 0 radical (unpaired) electrons. The molecule has 1 aliphatic rings. The quantitative estimate of drug-likeness (QED) is 0.396. The molecule has 0 bridgehead atoms. The number of rotatable bonds is 1. The minimum absolute atomic E-state index is 1.15. The van der Waals surface area contributed by atoms with Crippen molar-refractivity contribution in [3.05, 3.63) is 82.2 Å². The van der Waals surface area contributed by atoms with Gasteiger partial charge in [-0.3, -0.25) is 0 Å². The molecule has 0 nitrogen and oxygen atoms in total. The number of hydrogen-bond donors (Lipinski definition) is 0. The van der Waals surface area contributed by atoms with Crippen molar-refractivity contribution >= 4 is 33.7 Å². The molecule has 0 aliphatic heterocycles. The molecule has 0 heterocycles. The minimum Gasteiger partial charge on any atom is -0.0764 e. The second kappa shape index (κ2) is 5.85. The average molecular weight is 334 g/mol. The van der Waals surface area contributed by atoms with Crippen molar-refractivity contribution in [2.75, 3.05) is 0 Å². The van der Waals surface area contributed by atoms with Gasteiger partial charge < -0.3 is 0 Å². The average Bonchev–Trinajstić information content (AvgIpc) is 2.71. The van der Waals surface area contributed by atoms with Gasteiger partial charge in [-0.15, -0.1) is 0 Å². The number of aryl methyl sites for hydroxylation is 2. The zero-order valence-corrected chi connectivity index (χ0v) is 15.3. The zero-order valence-electron chi connectivity index (χ0n) is 15.3. The van der Waals surface area contributed by atoms with E-state index in [2.05, 4.69) is 86.7 Å². The summed E-state index contributed by atoms with van der Waals surface area (Å²) in [5.41, 5.74) is 5.42. The summed E-state index contributed by atoms with van der Waals surface area (Å²) in [6.07, 6.45) is 7.03. The van der Waals surface area contributed by atoms with Gasteiger partial charge in [-0.25, -0.2) is 0 Å². The molecule has 4 aromatic rings. The fraction of sp³-hybridized carbons (Fsp3) is 0.154. The molecule has 0 fully saturated rings. The lowest BCUT2D eigenvalue weighted by Gasteiger charge is -2.16. The van der Waals surface area contributed by atoms with E-state index >= 15 is 0 Å². The van der Waals surface area contributed by atoms with Crippen LogP contribution in [0, 0.1) is 13.8 Å². The van der Waals surface area contributed by atoms with Crippen LogP contribution >= 0.6 is 0 Å². The standard InChI is InChI=1S/C26H22/c1-17-22-10-5-6-11-23(22)18(2)26-24(17)12-7-13-25(26)21-15-14-19-8-3-4-9-20(19)16-21/h5-16H,3-4H2,1-2H3. The van der Waals surface area contributed by atoms with Gasteiger partial charge in [0.05, 0.1) is 0 Å². The van der Waals surface area contributed by atoms with Gasteiger partial charge in [-0.2, -0.15) is 0 Å². The second-order valence-electron chi connectivity index (χ2n) is 7.35. The van der Waals surface area contributed by atoms with Gasteiger partial charge in [0.2, 0.25) is 0 Å². The molecular formula is C26H22. The van der Waals surface area contributed by atoms with Gasteiger partial charge in [-0.1, -0.05) is 66.7 Å². The predicted octanol–water partition coefficient (Wildman–Crippen LogP) is 5.63. The molecule has 0 aromatic heterocycles. The van der Waals surface area contributed by atoms with Crippen molar-refractivity contribution in [1.82, 2.24) is 0 Å². The molecule has 1 aliphatic carbocycles. The lowest BCUT2D eigenvalue weighted by molar-refractivity contribution is 1.12. The van der Waals surface area contributed by atoms with E-state index in [-0.39, 0.29) is 0 Å². The second-order valence-corrected chi connectivity index (χ2v) is 7.35. The van der Waals surface area contributed by atoms with Crippen LogP contribution in [0.25, 0.3) is 44.8 Å². The molecule has 0 N–H and O–H groups in total. The third-order valence-corrected chi connectivity index (χ3v) is 5.87. The van der Waals surface area contributed by atoms with E-state index in [1.807, 2.05) is 0 Å². The summed E-state index contributed by atoms with van der Waals surface area (Å²) < 4.78 is 0. The third kappa shape index (κ3) is 2.22. The molecule has 0 unspecified atom stereocenters. The molecule has 0 saturated carbocycles. The van der Waals surface area contributed by atoms with Gasteiger partial charge in [-0.05, 0) is 87.0 Å². The summed E-state index contributed by atoms with van der Waals surface area (Å²) in [6.45, 7) is 4.52. The van der Waals surface area contributed by atoms with E-state index in [1.54, 1.807) is 0 Å². The van der Waals surface area contributed by atoms with E-state index in [1.165, 1.54) is 54.2 Å². The Morgan fingerprint density at radius 2 is 1.31 bits per heavy atom. The van der Waals surface area contributed by atoms with Crippen LogP contribution in [0.1, 0.15) is 24.0 Å². The largest absolute Gasteiger partial charge is 0.0764 e. The monoisotopic (exact) mass is 334 g/mol. The summed E-state index contributed by atoms with van der Waals surface area (Å²) in [6, 6.07) is 22.5. The lowest BCUT2D eigenvalue weighted by atomic mass is 9.88. The lowest BCUT2D eigenvalue weighted by Crippen LogP contribution is -2.26. The topological polar surface area (TPSA) is 0 Å². The number of fused-ring (bicyclic) bond motifs is 3. The molecule has 0 atom stereocenters. The Bertz CT molecular complexity index is 1290. The molecule has 5 rings (SSSR count). The first kappa shape index (κ1) is 15.4. The summed E-state index contributed by atoms with van der Waals surface area (Å²) >= 11 is 0. The zero-order chi connectivity index (χ0) is 17.7. The number of hydrogen-bond acceptors (Lipinski definition) is 0. The van der Waals surface area contributed by atoms with E-state index in [4.69, 9.17) is 0 Å². The maximum absolute atomic E-state index is 2.37. The first-order chi connectivity index (χ1) is 12.7. The highest BCUT2D eigenvalue weighted by Gasteiger charge is 2.12. The predicted molar refractivity (Wildman–Crippen MR) is 114 cm³/mol. The summed E-state index contributed by atoms with van der Waals surface area (Å²) in [5.74, 6) is 0. The van der Waals surface area contributed by atoms with Gasteiger partial charge >= 0.3 is 0 Å². The highest BCUT2D eigenvalue weighted by atomic mass is 14.2. The summed E-state index contributed by atoms with van der Waals surface area (Å²) in [4.78, 5) is 0. The molecule has 0 amide bonds. The molecule has 4 aromatic carbocycles. The van der Waals surface area contributed by atoms with Crippen molar-refractivity contribution in [1.29, 1.82) is 0 Å². The molecule has 126 valence electrons.